The van der Waals surface area contributed by atoms with Crippen LogP contribution in [0.2, 0.25) is 0 Å². The van der Waals surface area contributed by atoms with Gasteiger partial charge in [-0.1, -0.05) is 44.2 Å². The Balaban J connectivity index is 0.000000472. The Hall–Kier alpha value is -2.34. The van der Waals surface area contributed by atoms with Crippen molar-refractivity contribution in [2.24, 2.45) is 11.7 Å². The van der Waals surface area contributed by atoms with Gasteiger partial charge in [-0.2, -0.15) is 0 Å². The van der Waals surface area contributed by atoms with Gasteiger partial charge in [0.15, 0.2) is 0 Å². The van der Waals surface area contributed by atoms with E-state index in [-0.39, 0.29) is 12.5 Å². The summed E-state index contributed by atoms with van der Waals surface area (Å²) in [6, 6.07) is 7.38. The Kier molecular flexibility index (Phi) is 11.8. The predicted octanol–water partition coefficient (Wildman–Crippen LogP) is 2.21. The zero-order valence-corrected chi connectivity index (χ0v) is 15.6. The first-order valence-electron chi connectivity index (χ1n) is 8.21. The zero-order chi connectivity index (χ0) is 19.2. The van der Waals surface area contributed by atoms with Crippen molar-refractivity contribution in [1.29, 1.82) is 0 Å². The topological polar surface area (TPSA) is 90.6 Å². The van der Waals surface area contributed by atoms with Gasteiger partial charge >= 0.3 is 5.97 Å². The molecule has 1 amide bonds. The third kappa shape index (κ3) is 10.9. The summed E-state index contributed by atoms with van der Waals surface area (Å²) in [7, 11) is 1.30. The predicted molar refractivity (Wildman–Crippen MR) is 99.3 cm³/mol. The van der Waals surface area contributed by atoms with Gasteiger partial charge in [-0.25, -0.2) is 4.79 Å². The van der Waals surface area contributed by atoms with E-state index in [9.17, 15) is 9.59 Å². The number of benzene rings is 1. The van der Waals surface area contributed by atoms with E-state index in [1.165, 1.54) is 12.7 Å². The van der Waals surface area contributed by atoms with Crippen LogP contribution >= 0.6 is 0 Å². The normalized spacial score (nSPS) is 11.0. The highest BCUT2D eigenvalue weighted by Crippen LogP contribution is 2.10. The zero-order valence-electron chi connectivity index (χ0n) is 15.6. The molecule has 25 heavy (non-hydrogen) atoms. The summed E-state index contributed by atoms with van der Waals surface area (Å²) in [5.74, 6) is 0.425. The lowest BCUT2D eigenvalue weighted by atomic mass is 10.0. The fourth-order valence-electron chi connectivity index (χ4n) is 1.87. The first kappa shape index (κ1) is 22.7. The molecule has 3 N–H and O–H groups in total. The number of methoxy groups -OCH3 is 1. The lowest BCUT2D eigenvalue weighted by molar-refractivity contribution is -0.145. The number of ether oxygens (including phenoxy) is 2. The Bertz CT molecular complexity index is 527. The first-order valence-corrected chi connectivity index (χ1v) is 8.21. The molecule has 6 heteroatoms. The fraction of sp³-hybridized carbons (Fsp3) is 0.474. The average molecular weight is 350 g/mol. The Labute approximate surface area is 150 Å². The highest BCUT2D eigenvalue weighted by molar-refractivity contribution is 5.85. The average Bonchev–Trinajstić information content (AvgIpc) is 2.60. The maximum Gasteiger partial charge on any atom is 0.328 e. The minimum Gasteiger partial charge on any atom is -0.490 e. The first-order chi connectivity index (χ1) is 11.8. The number of carbonyl (C=O) groups excluding carboxylic acids is 2. The molecular formula is C19H30N2O4. The number of rotatable bonds is 8. The van der Waals surface area contributed by atoms with Crippen molar-refractivity contribution in [1.82, 2.24) is 5.32 Å². The van der Waals surface area contributed by atoms with Gasteiger partial charge in [0.2, 0.25) is 5.91 Å². The van der Waals surface area contributed by atoms with Gasteiger partial charge in [0.05, 0.1) is 13.7 Å². The van der Waals surface area contributed by atoms with Gasteiger partial charge in [-0.05, 0) is 31.4 Å². The van der Waals surface area contributed by atoms with Gasteiger partial charge in [-0.15, -0.1) is 0 Å². The third-order valence-corrected chi connectivity index (χ3v) is 3.10. The maximum atomic E-state index is 11.2. The SMILES string of the molecule is C=CCOc1ccc(C)cc1.COC(=O)C(CC(C)C)NC(=O)CN. The molecule has 1 aromatic carbocycles. The standard InChI is InChI=1S/C10H12O.C9H18N2O3/c1-3-8-11-10-6-4-9(2)5-7-10;1-6(2)4-7(9(13)14-3)11-8(12)5-10/h3-7H,1,8H2,2H3;6-7H,4-5,10H2,1-3H3,(H,11,12). The van der Waals surface area contributed by atoms with Gasteiger partial charge < -0.3 is 20.5 Å². The molecule has 0 aliphatic rings. The van der Waals surface area contributed by atoms with Gasteiger partial charge in [0.25, 0.3) is 0 Å². The molecule has 0 aliphatic carbocycles. The number of hydrogen-bond donors (Lipinski definition) is 2. The van der Waals surface area contributed by atoms with E-state index in [0.29, 0.717) is 18.9 Å². The lowest BCUT2D eigenvalue weighted by Gasteiger charge is -2.17. The molecule has 0 spiro atoms. The number of nitrogens with two attached hydrogens (primary N) is 1. The monoisotopic (exact) mass is 350 g/mol. The molecule has 0 bridgehead atoms. The van der Waals surface area contributed by atoms with Crippen LogP contribution in [-0.4, -0.2) is 38.2 Å². The molecule has 0 saturated carbocycles. The van der Waals surface area contributed by atoms with Crippen molar-refractivity contribution >= 4 is 11.9 Å². The van der Waals surface area contributed by atoms with Crippen LogP contribution in [0.3, 0.4) is 0 Å². The molecule has 140 valence electrons. The van der Waals surface area contributed by atoms with E-state index in [2.05, 4.69) is 23.6 Å². The number of esters is 1. The van der Waals surface area contributed by atoms with Crippen molar-refractivity contribution < 1.29 is 19.1 Å². The van der Waals surface area contributed by atoms with E-state index in [4.69, 9.17) is 10.5 Å². The molecule has 6 nitrogen and oxygen atoms in total. The van der Waals surface area contributed by atoms with E-state index >= 15 is 0 Å². The molecule has 1 atom stereocenters. The largest absolute Gasteiger partial charge is 0.490 e. The maximum absolute atomic E-state index is 11.2. The summed E-state index contributed by atoms with van der Waals surface area (Å²) in [4.78, 5) is 22.2. The van der Waals surface area contributed by atoms with E-state index in [1.54, 1.807) is 6.08 Å². The van der Waals surface area contributed by atoms with Crippen LogP contribution in [0.5, 0.6) is 5.75 Å². The minimum atomic E-state index is -0.587. The van der Waals surface area contributed by atoms with Crippen LogP contribution in [0.4, 0.5) is 0 Å². The summed E-state index contributed by atoms with van der Waals surface area (Å²) in [5, 5.41) is 2.51. The molecule has 0 aromatic heterocycles. The number of nitrogens with one attached hydrogen (secondary N) is 1. The van der Waals surface area contributed by atoms with E-state index in [1.807, 2.05) is 38.1 Å². The molecule has 0 saturated heterocycles. The quantitative estimate of drug-likeness (QED) is 0.554. The fourth-order valence-corrected chi connectivity index (χ4v) is 1.87. The molecule has 0 radical (unpaired) electrons. The van der Waals surface area contributed by atoms with Crippen LogP contribution in [0.25, 0.3) is 0 Å². The highest BCUT2D eigenvalue weighted by atomic mass is 16.5. The molecule has 1 unspecified atom stereocenters. The number of aryl methyl sites for hydroxylation is 1. The van der Waals surface area contributed by atoms with Gasteiger partial charge in [0, 0.05) is 0 Å². The number of amides is 1. The summed E-state index contributed by atoms with van der Waals surface area (Å²) in [6.45, 7) is 10.00. The van der Waals surface area contributed by atoms with Gasteiger partial charge in [-0.3, -0.25) is 4.79 Å². The smallest absolute Gasteiger partial charge is 0.328 e. The Morgan fingerprint density at radius 3 is 2.32 bits per heavy atom. The number of hydrogen-bond acceptors (Lipinski definition) is 5. The van der Waals surface area contributed by atoms with Crippen molar-refractivity contribution in [2.75, 3.05) is 20.3 Å². The van der Waals surface area contributed by atoms with Crippen molar-refractivity contribution in [3.8, 4) is 5.75 Å². The molecule has 0 fully saturated rings. The van der Waals surface area contributed by atoms with E-state index in [0.717, 1.165) is 5.75 Å². The van der Waals surface area contributed by atoms with Crippen LogP contribution in [0.1, 0.15) is 25.8 Å². The number of carbonyl (C=O) groups is 2. The molecule has 1 aromatic rings. The van der Waals surface area contributed by atoms with Gasteiger partial charge in [0.1, 0.15) is 18.4 Å². The molecule has 0 aliphatic heterocycles. The molecular weight excluding hydrogens is 320 g/mol. The van der Waals surface area contributed by atoms with Crippen molar-refractivity contribution in [3.63, 3.8) is 0 Å². The second-order valence-electron chi connectivity index (χ2n) is 5.89. The third-order valence-electron chi connectivity index (χ3n) is 3.10. The highest BCUT2D eigenvalue weighted by Gasteiger charge is 2.21. The second kappa shape index (κ2) is 13.0. The minimum absolute atomic E-state index is 0.119. The summed E-state index contributed by atoms with van der Waals surface area (Å²) in [5.41, 5.74) is 6.37. The summed E-state index contributed by atoms with van der Waals surface area (Å²) < 4.78 is 9.86. The van der Waals surface area contributed by atoms with Crippen LogP contribution in [-0.2, 0) is 14.3 Å². The molecule has 0 heterocycles. The second-order valence-corrected chi connectivity index (χ2v) is 5.89. The summed E-state index contributed by atoms with van der Waals surface area (Å²) >= 11 is 0. The Morgan fingerprint density at radius 2 is 1.88 bits per heavy atom. The van der Waals surface area contributed by atoms with Crippen LogP contribution in [0, 0.1) is 12.8 Å². The summed E-state index contributed by atoms with van der Waals surface area (Å²) in [6.07, 6.45) is 2.29. The Morgan fingerprint density at radius 1 is 1.28 bits per heavy atom. The van der Waals surface area contributed by atoms with Crippen molar-refractivity contribution in [3.05, 3.63) is 42.5 Å². The van der Waals surface area contributed by atoms with Crippen LogP contribution in [0.15, 0.2) is 36.9 Å². The lowest BCUT2D eigenvalue weighted by Crippen LogP contribution is -2.44. The van der Waals surface area contributed by atoms with E-state index < -0.39 is 12.0 Å². The van der Waals surface area contributed by atoms with Crippen molar-refractivity contribution in [2.45, 2.75) is 33.2 Å². The van der Waals surface area contributed by atoms with Crippen LogP contribution < -0.4 is 15.8 Å². The molecule has 1 rings (SSSR count).